The highest BCUT2D eigenvalue weighted by Crippen LogP contribution is 2.26. The lowest BCUT2D eigenvalue weighted by atomic mass is 10.2. The van der Waals surface area contributed by atoms with Crippen LogP contribution in [0.15, 0.2) is 76.9 Å². The van der Waals surface area contributed by atoms with Gasteiger partial charge in [0.2, 0.25) is 0 Å². The number of para-hydroxylation sites is 1. The maximum Gasteiger partial charge on any atom is 0.266 e. The Morgan fingerprint density at radius 3 is 2.75 bits per heavy atom. The quantitative estimate of drug-likeness (QED) is 0.375. The van der Waals surface area contributed by atoms with Gasteiger partial charge >= 0.3 is 0 Å². The number of fused-ring (bicyclic) bond motifs is 1. The molecular formula is C21H16FN3O2S. The zero-order valence-electron chi connectivity index (χ0n) is 15.0. The molecule has 2 aromatic carbocycles. The number of ether oxygens (including phenoxy) is 1. The van der Waals surface area contributed by atoms with E-state index in [4.69, 9.17) is 4.74 Å². The summed E-state index contributed by atoms with van der Waals surface area (Å²) in [4.78, 5) is 21.9. The number of methoxy groups -OCH3 is 1. The third-order valence-corrected chi connectivity index (χ3v) is 5.24. The van der Waals surface area contributed by atoms with Crippen LogP contribution in [0, 0.1) is 5.82 Å². The maximum absolute atomic E-state index is 14.0. The lowest BCUT2D eigenvalue weighted by molar-refractivity contribution is 0.386. The van der Waals surface area contributed by atoms with Crippen LogP contribution >= 0.6 is 11.8 Å². The van der Waals surface area contributed by atoms with Gasteiger partial charge in [-0.1, -0.05) is 30.0 Å². The number of benzene rings is 2. The van der Waals surface area contributed by atoms with Crippen molar-refractivity contribution >= 4 is 22.7 Å². The number of nitrogens with zero attached hydrogens (tertiary/aromatic N) is 3. The molecule has 0 aliphatic heterocycles. The Balaban J connectivity index is 1.77. The van der Waals surface area contributed by atoms with Gasteiger partial charge in [0.15, 0.2) is 16.7 Å². The summed E-state index contributed by atoms with van der Waals surface area (Å²) in [6.45, 7) is 0. The second kappa shape index (κ2) is 7.82. The summed E-state index contributed by atoms with van der Waals surface area (Å²) in [6.07, 6.45) is 3.27. The highest BCUT2D eigenvalue weighted by molar-refractivity contribution is 7.98. The molecule has 4 rings (SSSR count). The topological polar surface area (TPSA) is 57.0 Å². The summed E-state index contributed by atoms with van der Waals surface area (Å²) < 4.78 is 20.5. The molecule has 28 heavy (non-hydrogen) atoms. The molecule has 0 atom stereocenters. The van der Waals surface area contributed by atoms with E-state index >= 15 is 0 Å². The van der Waals surface area contributed by atoms with E-state index in [1.165, 1.54) is 24.9 Å². The van der Waals surface area contributed by atoms with Crippen LogP contribution in [0.1, 0.15) is 5.56 Å². The van der Waals surface area contributed by atoms with Crippen LogP contribution in [-0.2, 0) is 5.75 Å². The molecule has 0 radical (unpaired) electrons. The van der Waals surface area contributed by atoms with Crippen molar-refractivity contribution in [1.82, 2.24) is 14.5 Å². The molecule has 5 nitrogen and oxygen atoms in total. The van der Waals surface area contributed by atoms with Crippen LogP contribution in [0.3, 0.4) is 0 Å². The summed E-state index contributed by atoms with van der Waals surface area (Å²) in [5.74, 6) is 0.230. The van der Waals surface area contributed by atoms with Gasteiger partial charge in [0.25, 0.3) is 5.56 Å². The largest absolute Gasteiger partial charge is 0.494 e. The number of hydrogen-bond acceptors (Lipinski definition) is 5. The first-order chi connectivity index (χ1) is 13.7. The first kappa shape index (κ1) is 18.2. The van der Waals surface area contributed by atoms with Gasteiger partial charge in [-0.3, -0.25) is 14.3 Å². The molecule has 0 saturated carbocycles. The zero-order chi connectivity index (χ0) is 19.5. The van der Waals surface area contributed by atoms with Gasteiger partial charge < -0.3 is 4.74 Å². The predicted molar refractivity (Wildman–Crippen MR) is 108 cm³/mol. The Hall–Kier alpha value is -3.19. The molecule has 0 aliphatic carbocycles. The molecule has 0 spiro atoms. The van der Waals surface area contributed by atoms with Crippen LogP contribution in [0.5, 0.6) is 5.75 Å². The summed E-state index contributed by atoms with van der Waals surface area (Å²) in [7, 11) is 1.43. The molecule has 4 aromatic rings. The van der Waals surface area contributed by atoms with Crippen molar-refractivity contribution in [3.8, 4) is 11.4 Å². The third kappa shape index (κ3) is 3.48. The van der Waals surface area contributed by atoms with E-state index in [9.17, 15) is 9.18 Å². The van der Waals surface area contributed by atoms with E-state index in [1.807, 2.05) is 18.2 Å². The van der Waals surface area contributed by atoms with Crippen molar-refractivity contribution in [3.63, 3.8) is 0 Å². The van der Waals surface area contributed by atoms with Gasteiger partial charge in [-0.05, 0) is 42.0 Å². The SMILES string of the molecule is COc1ccc(CSc2nc3ccccc3c(=O)n2-c2cccnc2)cc1F. The Morgan fingerprint density at radius 1 is 1.14 bits per heavy atom. The van der Waals surface area contributed by atoms with E-state index < -0.39 is 5.82 Å². The van der Waals surface area contributed by atoms with Crippen LogP contribution in [0.25, 0.3) is 16.6 Å². The smallest absolute Gasteiger partial charge is 0.266 e. The molecule has 2 aromatic heterocycles. The number of rotatable bonds is 5. The Kier molecular flexibility index (Phi) is 5.08. The third-order valence-electron chi connectivity index (χ3n) is 4.23. The minimum Gasteiger partial charge on any atom is -0.494 e. The summed E-state index contributed by atoms with van der Waals surface area (Å²) in [5.41, 5.74) is 1.86. The average Bonchev–Trinajstić information content (AvgIpc) is 2.73. The normalized spacial score (nSPS) is 10.9. The highest BCUT2D eigenvalue weighted by Gasteiger charge is 2.14. The van der Waals surface area contributed by atoms with Crippen LogP contribution in [0.4, 0.5) is 4.39 Å². The molecule has 0 N–H and O–H groups in total. The minimum absolute atomic E-state index is 0.165. The number of thioether (sulfide) groups is 1. The van der Waals surface area contributed by atoms with Crippen molar-refractivity contribution in [1.29, 1.82) is 0 Å². The molecule has 140 valence electrons. The van der Waals surface area contributed by atoms with Crippen molar-refractivity contribution in [2.45, 2.75) is 10.9 Å². The van der Waals surface area contributed by atoms with Crippen molar-refractivity contribution in [3.05, 3.63) is 88.7 Å². The molecule has 0 unspecified atom stereocenters. The predicted octanol–water partition coefficient (Wildman–Crippen LogP) is 4.22. The lowest BCUT2D eigenvalue weighted by Crippen LogP contribution is -2.21. The monoisotopic (exact) mass is 393 g/mol. The minimum atomic E-state index is -0.420. The second-order valence-corrected chi connectivity index (χ2v) is 6.96. The van der Waals surface area contributed by atoms with Crippen molar-refractivity contribution in [2.75, 3.05) is 7.11 Å². The molecule has 0 saturated heterocycles. The van der Waals surface area contributed by atoms with Gasteiger partial charge in [0.05, 0.1) is 29.9 Å². The Morgan fingerprint density at radius 2 is 2.00 bits per heavy atom. The second-order valence-electron chi connectivity index (χ2n) is 6.02. The van der Waals surface area contributed by atoms with E-state index in [1.54, 1.807) is 47.3 Å². The van der Waals surface area contributed by atoms with E-state index in [0.717, 1.165) is 5.56 Å². The molecule has 2 heterocycles. The van der Waals surface area contributed by atoms with Crippen LogP contribution in [0.2, 0.25) is 0 Å². The summed E-state index contributed by atoms with van der Waals surface area (Å²) >= 11 is 1.36. The van der Waals surface area contributed by atoms with Gasteiger partial charge in [-0.25, -0.2) is 9.37 Å². The number of pyridine rings is 1. The van der Waals surface area contributed by atoms with Crippen LogP contribution in [-0.4, -0.2) is 21.6 Å². The molecule has 7 heteroatoms. The molecule has 0 aliphatic rings. The molecule has 0 amide bonds. The lowest BCUT2D eigenvalue weighted by Gasteiger charge is -2.13. The number of aromatic nitrogens is 3. The fourth-order valence-electron chi connectivity index (χ4n) is 2.87. The van der Waals surface area contributed by atoms with Gasteiger partial charge in [0.1, 0.15) is 0 Å². The summed E-state index contributed by atoms with van der Waals surface area (Å²) in [6, 6.07) is 15.6. The van der Waals surface area contributed by atoms with E-state index in [2.05, 4.69) is 9.97 Å². The van der Waals surface area contributed by atoms with E-state index in [0.29, 0.717) is 27.5 Å². The van der Waals surface area contributed by atoms with E-state index in [-0.39, 0.29) is 11.3 Å². The van der Waals surface area contributed by atoms with Crippen molar-refractivity contribution < 1.29 is 9.13 Å². The highest BCUT2D eigenvalue weighted by atomic mass is 32.2. The maximum atomic E-state index is 14.0. The van der Waals surface area contributed by atoms with Gasteiger partial charge in [0, 0.05) is 11.9 Å². The van der Waals surface area contributed by atoms with Gasteiger partial charge in [-0.15, -0.1) is 0 Å². The molecular weight excluding hydrogens is 377 g/mol. The fourth-order valence-corrected chi connectivity index (χ4v) is 3.83. The standard InChI is InChI=1S/C21H16FN3O2S/c1-27-19-9-8-14(11-17(19)22)13-28-21-24-18-7-3-2-6-16(18)20(26)25(21)15-5-4-10-23-12-15/h2-12H,13H2,1H3. The summed E-state index contributed by atoms with van der Waals surface area (Å²) in [5, 5.41) is 1.05. The van der Waals surface area contributed by atoms with Crippen molar-refractivity contribution in [2.24, 2.45) is 0 Å². The Labute approximate surface area is 164 Å². The first-order valence-electron chi connectivity index (χ1n) is 8.55. The zero-order valence-corrected chi connectivity index (χ0v) is 15.8. The number of hydrogen-bond donors (Lipinski definition) is 0. The fraction of sp³-hybridized carbons (Fsp3) is 0.0952. The average molecular weight is 393 g/mol. The Bertz CT molecular complexity index is 1200. The molecule has 0 fully saturated rings. The first-order valence-corrected chi connectivity index (χ1v) is 9.53. The van der Waals surface area contributed by atoms with Crippen LogP contribution < -0.4 is 10.3 Å². The number of halogens is 1. The molecule has 0 bridgehead atoms. The van der Waals surface area contributed by atoms with Gasteiger partial charge in [-0.2, -0.15) is 0 Å².